The van der Waals surface area contributed by atoms with E-state index in [9.17, 15) is 6.85 Å². The third-order valence-electron chi connectivity index (χ3n) is 14.2. The van der Waals surface area contributed by atoms with Crippen molar-refractivity contribution in [3.05, 3.63) is 291 Å². The number of hydrogen-bond acceptors (Lipinski definition) is 0. The highest BCUT2D eigenvalue weighted by molar-refractivity contribution is 7.22. The smallest absolute Gasteiger partial charge is 0.179 e. The van der Waals surface area contributed by atoms with Gasteiger partial charge in [-0.05, 0) is 90.0 Å². The Morgan fingerprint density at radius 2 is 0.586 bits per heavy atom. The molecule has 11 aromatic carbocycles. The minimum absolute atomic E-state index is 0.134. The molecule has 0 aliphatic heterocycles. The Labute approximate surface area is 421 Å². The third kappa shape index (κ3) is 6.45. The maximum atomic E-state index is 9.93. The van der Waals surface area contributed by atoms with Crippen LogP contribution in [0.15, 0.2) is 291 Å². The third-order valence-corrected chi connectivity index (χ3v) is 23.7. The van der Waals surface area contributed by atoms with Crippen molar-refractivity contribution in [3.8, 4) is 11.4 Å². The van der Waals surface area contributed by atoms with Crippen molar-refractivity contribution in [1.82, 2.24) is 9.13 Å². The molecule has 0 spiro atoms. The van der Waals surface area contributed by atoms with Crippen molar-refractivity contribution in [2.75, 3.05) is 0 Å². The first-order chi connectivity index (χ1) is 38.1. The number of aromatic nitrogens is 2. The summed E-state index contributed by atoms with van der Waals surface area (Å²) in [5, 5.41) is 11.2. The molecule has 2 heterocycles. The van der Waals surface area contributed by atoms with E-state index in [4.69, 9.17) is 4.11 Å². The zero-order chi connectivity index (χ0) is 53.5. The van der Waals surface area contributed by atoms with Crippen molar-refractivity contribution < 1.29 is 11.0 Å². The van der Waals surface area contributed by atoms with Crippen LogP contribution in [0, 0.1) is 0 Å². The monoisotopic (exact) mass is 932 g/mol. The second-order valence-corrected chi connectivity index (χ2v) is 25.4. The molecule has 0 saturated carbocycles. The van der Waals surface area contributed by atoms with Crippen molar-refractivity contribution >= 4 is 101 Å². The second-order valence-electron chi connectivity index (χ2n) is 17.8. The predicted octanol–water partition coefficient (Wildman–Crippen LogP) is 10.6. The molecule has 70 heavy (non-hydrogen) atoms. The van der Waals surface area contributed by atoms with Gasteiger partial charge in [-0.2, -0.15) is 0 Å². The predicted molar refractivity (Wildman–Crippen MR) is 302 cm³/mol. The molecule has 0 radical (unpaired) electrons. The Bertz CT molecular complexity index is 4120. The van der Waals surface area contributed by atoms with E-state index in [1.54, 1.807) is 0 Å². The largest absolute Gasteiger partial charge is 0.309 e. The highest BCUT2D eigenvalue weighted by atomic mass is 28.3. The van der Waals surface area contributed by atoms with Crippen LogP contribution in [0.1, 0.15) is 11.0 Å². The molecule has 13 rings (SSSR count). The minimum Gasteiger partial charge on any atom is -0.309 e. The summed E-state index contributed by atoms with van der Waals surface area (Å²) in [4.78, 5) is 0. The molecule has 0 fully saturated rings. The van der Waals surface area contributed by atoms with Gasteiger partial charge in [-0.25, -0.2) is 0 Å². The fourth-order valence-corrected chi connectivity index (χ4v) is 21.1. The Hall–Kier alpha value is -8.55. The standard InChI is InChI=1S/C66H48N2Si2/c1-7-25-51(26-8-1)69(52-27-9-2-10-28-52,53-29-11-3-12-30-53)57-45-50(46-58(48-57)70(54-31-13-4-14-32-54,55-33-15-5-16-34-55)56-35-17-6-18-36-56)68-65-42-24-21-39-61(65)62-47-49(43-44-66(62)68)67-63-40-22-19-37-59(63)60-38-20-23-41-64(60)67/h1-48H/i19D,21D,22D,24D,37D,39D,40D,42D. The van der Waals surface area contributed by atoms with Crippen LogP contribution in [0.5, 0.6) is 0 Å². The van der Waals surface area contributed by atoms with Crippen LogP contribution >= 0.6 is 0 Å². The van der Waals surface area contributed by atoms with Crippen LogP contribution < -0.4 is 41.5 Å². The van der Waals surface area contributed by atoms with Gasteiger partial charge in [-0.15, -0.1) is 0 Å². The fraction of sp³-hybridized carbons (Fsp3) is 0. The lowest BCUT2D eigenvalue weighted by atomic mass is 10.1. The average molecular weight is 933 g/mol. The van der Waals surface area contributed by atoms with Gasteiger partial charge in [0.15, 0.2) is 16.1 Å². The highest BCUT2D eigenvalue weighted by Gasteiger charge is 2.46. The molecule has 0 aliphatic rings. The summed E-state index contributed by atoms with van der Waals surface area (Å²) < 4.78 is 77.9. The summed E-state index contributed by atoms with van der Waals surface area (Å²) in [5.41, 5.74) is 3.26. The summed E-state index contributed by atoms with van der Waals surface area (Å²) in [5.74, 6) is 0. The van der Waals surface area contributed by atoms with Gasteiger partial charge in [-0.3, -0.25) is 0 Å². The van der Waals surface area contributed by atoms with Crippen LogP contribution in [-0.2, 0) is 0 Å². The van der Waals surface area contributed by atoms with E-state index in [-0.39, 0.29) is 48.3 Å². The molecule has 0 N–H and O–H groups in total. The maximum absolute atomic E-state index is 9.93. The molecular formula is C66H48N2Si2. The number of fused-ring (bicyclic) bond motifs is 6. The second kappa shape index (κ2) is 17.2. The lowest BCUT2D eigenvalue weighted by Crippen LogP contribution is -2.78. The normalized spacial score (nSPS) is 13.6. The van der Waals surface area contributed by atoms with E-state index < -0.39 is 16.1 Å². The highest BCUT2D eigenvalue weighted by Crippen LogP contribution is 2.37. The molecule has 0 saturated heterocycles. The topological polar surface area (TPSA) is 9.86 Å². The lowest BCUT2D eigenvalue weighted by Gasteiger charge is -2.38. The van der Waals surface area contributed by atoms with Crippen LogP contribution in [0.4, 0.5) is 0 Å². The van der Waals surface area contributed by atoms with Crippen LogP contribution in [0.3, 0.4) is 0 Å². The number of nitrogens with zero attached hydrogens (tertiary/aromatic N) is 2. The van der Waals surface area contributed by atoms with Gasteiger partial charge >= 0.3 is 0 Å². The summed E-state index contributed by atoms with van der Waals surface area (Å²) in [6.45, 7) is 0. The number of hydrogen-bond donors (Lipinski definition) is 0. The van der Waals surface area contributed by atoms with E-state index in [2.05, 4.69) is 200 Å². The average Bonchev–Trinajstić information content (AvgIpc) is 4.08. The molecule has 0 amide bonds. The van der Waals surface area contributed by atoms with Gasteiger partial charge in [0.25, 0.3) is 0 Å². The maximum Gasteiger partial charge on any atom is 0.179 e. The van der Waals surface area contributed by atoms with Crippen molar-refractivity contribution in [3.63, 3.8) is 0 Å². The number of rotatable bonds is 10. The zero-order valence-corrected chi connectivity index (χ0v) is 40.0. The fourth-order valence-electron chi connectivity index (χ4n) is 11.4. The van der Waals surface area contributed by atoms with Gasteiger partial charge < -0.3 is 9.13 Å². The molecule has 2 aromatic heterocycles. The quantitative estimate of drug-likeness (QED) is 0.0955. The number of para-hydroxylation sites is 3. The molecule has 0 bridgehead atoms. The summed E-state index contributed by atoms with van der Waals surface area (Å²) >= 11 is 0. The summed E-state index contributed by atoms with van der Waals surface area (Å²) in [6.07, 6.45) is 0. The Morgan fingerprint density at radius 1 is 0.243 bits per heavy atom. The van der Waals surface area contributed by atoms with Gasteiger partial charge in [-0.1, -0.05) is 243 Å². The van der Waals surface area contributed by atoms with Gasteiger partial charge in [0.2, 0.25) is 0 Å². The lowest BCUT2D eigenvalue weighted by molar-refractivity contribution is 1.17. The summed E-state index contributed by atoms with van der Waals surface area (Å²) in [7, 11) is -6.72. The van der Waals surface area contributed by atoms with Gasteiger partial charge in [0, 0.05) is 32.9 Å². The van der Waals surface area contributed by atoms with E-state index in [1.807, 2.05) is 51.6 Å². The molecule has 330 valence electrons. The van der Waals surface area contributed by atoms with Crippen LogP contribution in [-0.4, -0.2) is 25.3 Å². The van der Waals surface area contributed by atoms with Crippen molar-refractivity contribution in [2.45, 2.75) is 0 Å². The van der Waals surface area contributed by atoms with Crippen molar-refractivity contribution in [2.24, 2.45) is 0 Å². The first-order valence-corrected chi connectivity index (χ1v) is 27.6. The Morgan fingerprint density at radius 3 is 1.01 bits per heavy atom. The molecule has 0 aliphatic carbocycles. The van der Waals surface area contributed by atoms with Crippen LogP contribution in [0.2, 0.25) is 0 Å². The summed E-state index contributed by atoms with van der Waals surface area (Å²) in [6, 6.07) is 83.1. The molecule has 0 unspecified atom stereocenters. The van der Waals surface area contributed by atoms with Crippen molar-refractivity contribution in [1.29, 1.82) is 0 Å². The van der Waals surface area contributed by atoms with Gasteiger partial charge in [0.1, 0.15) is 0 Å². The minimum atomic E-state index is -3.36. The molecule has 2 nitrogen and oxygen atoms in total. The zero-order valence-electron chi connectivity index (χ0n) is 46.0. The molecule has 0 atom stereocenters. The van der Waals surface area contributed by atoms with E-state index in [1.165, 1.54) is 31.1 Å². The molecular weight excluding hydrogens is 877 g/mol. The van der Waals surface area contributed by atoms with E-state index in [0.29, 0.717) is 49.3 Å². The Kier molecular flexibility index (Phi) is 8.32. The Balaban J connectivity index is 1.23. The van der Waals surface area contributed by atoms with Gasteiger partial charge in [0.05, 0.1) is 33.0 Å². The molecule has 4 heteroatoms. The van der Waals surface area contributed by atoms with E-state index in [0.717, 1.165) is 16.1 Å². The molecule has 13 aromatic rings. The van der Waals surface area contributed by atoms with Crippen LogP contribution in [0.25, 0.3) is 55.0 Å². The first-order valence-electron chi connectivity index (χ1n) is 27.6. The first kappa shape index (κ1) is 33.9. The number of benzene rings is 11. The van der Waals surface area contributed by atoms with E-state index >= 15 is 0 Å². The SMILES string of the molecule is [2H]c1c([2H])c([2H])c2c(c1[2H])c1ccccc1n2-c1ccc2c(c1)c1c([2H])c([2H])c([2H])c([2H])c1n2-c1cc([Si](c2ccccc2)(c2ccccc2)c2ccccc2)cc([Si](c2ccccc2)(c2ccccc2)c2ccccc2)c1.